The highest BCUT2D eigenvalue weighted by Gasteiger charge is 2.11. The van der Waals surface area contributed by atoms with Crippen LogP contribution in [0.2, 0.25) is 0 Å². The van der Waals surface area contributed by atoms with Crippen molar-refractivity contribution >= 4 is 27.5 Å². The number of halogens is 1. The second kappa shape index (κ2) is 6.97. The van der Waals surface area contributed by atoms with Crippen molar-refractivity contribution in [1.29, 1.82) is 0 Å². The van der Waals surface area contributed by atoms with Crippen LogP contribution in [0.5, 0.6) is 5.75 Å². The summed E-state index contributed by atoms with van der Waals surface area (Å²) in [4.78, 5) is 12.4. The Balaban J connectivity index is 2.19. The highest BCUT2D eigenvalue weighted by atomic mass is 79.9. The second-order valence-corrected chi connectivity index (χ2v) is 6.44. The third-order valence-corrected chi connectivity index (χ3v) is 3.82. The number of nitrogens with one attached hydrogen (secondary N) is 1. The predicted molar refractivity (Wildman–Crippen MR) is 93.8 cm³/mol. The van der Waals surface area contributed by atoms with Crippen LogP contribution in [-0.4, -0.2) is 12.0 Å². The number of anilines is 1. The van der Waals surface area contributed by atoms with Gasteiger partial charge in [0.15, 0.2) is 0 Å². The van der Waals surface area contributed by atoms with Crippen molar-refractivity contribution < 1.29 is 9.53 Å². The van der Waals surface area contributed by atoms with Crippen molar-refractivity contribution in [2.75, 3.05) is 5.32 Å². The van der Waals surface area contributed by atoms with E-state index in [-0.39, 0.29) is 12.0 Å². The molecule has 0 atom stereocenters. The number of benzene rings is 2. The molecule has 2 rings (SSSR count). The molecule has 2 aromatic rings. The number of amides is 1. The van der Waals surface area contributed by atoms with Crippen LogP contribution >= 0.6 is 15.9 Å². The molecule has 1 amide bonds. The van der Waals surface area contributed by atoms with E-state index in [0.717, 1.165) is 27.0 Å². The first-order chi connectivity index (χ1) is 10.4. The molecular formula is C18H20BrNO2. The standard InChI is InChI=1S/C18H20BrNO2/c1-11(2)22-17-8-7-14(10-15(17)19)18(21)20-16-9-12(3)5-6-13(16)4/h5-11H,1-4H3,(H,20,21). The molecule has 0 heterocycles. The summed E-state index contributed by atoms with van der Waals surface area (Å²) in [6.07, 6.45) is 0.0888. The normalized spacial score (nSPS) is 10.6. The maximum atomic E-state index is 12.4. The van der Waals surface area contributed by atoms with Gasteiger partial charge in [-0.1, -0.05) is 12.1 Å². The van der Waals surface area contributed by atoms with Crippen molar-refractivity contribution in [2.24, 2.45) is 0 Å². The van der Waals surface area contributed by atoms with Gasteiger partial charge in [0, 0.05) is 11.3 Å². The smallest absolute Gasteiger partial charge is 0.255 e. The van der Waals surface area contributed by atoms with Gasteiger partial charge in [-0.05, 0) is 79.0 Å². The molecule has 116 valence electrons. The van der Waals surface area contributed by atoms with E-state index in [4.69, 9.17) is 4.74 Å². The van der Waals surface area contributed by atoms with E-state index in [1.54, 1.807) is 12.1 Å². The maximum absolute atomic E-state index is 12.4. The lowest BCUT2D eigenvalue weighted by atomic mass is 10.1. The van der Waals surface area contributed by atoms with E-state index in [1.165, 1.54) is 0 Å². The molecule has 0 aliphatic heterocycles. The molecular weight excluding hydrogens is 342 g/mol. The van der Waals surface area contributed by atoms with Crippen LogP contribution in [0, 0.1) is 13.8 Å². The molecule has 4 heteroatoms. The first-order valence-corrected chi connectivity index (χ1v) is 8.01. The number of hydrogen-bond acceptors (Lipinski definition) is 2. The molecule has 0 radical (unpaired) electrons. The van der Waals surface area contributed by atoms with Crippen molar-refractivity contribution in [3.8, 4) is 5.75 Å². The predicted octanol–water partition coefficient (Wildman–Crippen LogP) is 5.11. The molecule has 3 nitrogen and oxygen atoms in total. The fourth-order valence-corrected chi connectivity index (χ4v) is 2.53. The van der Waals surface area contributed by atoms with Crippen LogP contribution in [0.1, 0.15) is 35.3 Å². The minimum atomic E-state index is -0.134. The van der Waals surface area contributed by atoms with Crippen LogP contribution in [0.15, 0.2) is 40.9 Å². The zero-order valence-corrected chi connectivity index (χ0v) is 14.8. The molecule has 0 aliphatic carbocycles. The Labute approximate surface area is 139 Å². The monoisotopic (exact) mass is 361 g/mol. The number of ether oxygens (including phenoxy) is 1. The average Bonchev–Trinajstić information content (AvgIpc) is 2.44. The first kappa shape index (κ1) is 16.6. The summed E-state index contributed by atoms with van der Waals surface area (Å²) in [7, 11) is 0. The Morgan fingerprint density at radius 3 is 2.50 bits per heavy atom. The molecule has 2 aromatic carbocycles. The highest BCUT2D eigenvalue weighted by molar-refractivity contribution is 9.10. The summed E-state index contributed by atoms with van der Waals surface area (Å²) < 4.78 is 6.43. The zero-order chi connectivity index (χ0) is 16.3. The summed E-state index contributed by atoms with van der Waals surface area (Å²) >= 11 is 3.45. The number of carbonyl (C=O) groups is 1. The summed E-state index contributed by atoms with van der Waals surface area (Å²) in [5.74, 6) is 0.601. The van der Waals surface area contributed by atoms with E-state index in [1.807, 2.05) is 52.0 Å². The van der Waals surface area contributed by atoms with Gasteiger partial charge in [-0.2, -0.15) is 0 Å². The minimum absolute atomic E-state index is 0.0888. The highest BCUT2D eigenvalue weighted by Crippen LogP contribution is 2.27. The van der Waals surface area contributed by atoms with Crippen LogP contribution < -0.4 is 10.1 Å². The van der Waals surface area contributed by atoms with Crippen LogP contribution in [-0.2, 0) is 0 Å². The third kappa shape index (κ3) is 4.10. The van der Waals surface area contributed by atoms with Crippen LogP contribution in [0.25, 0.3) is 0 Å². The molecule has 0 unspecified atom stereocenters. The van der Waals surface area contributed by atoms with Gasteiger partial charge in [0.05, 0.1) is 10.6 Å². The largest absolute Gasteiger partial charge is 0.490 e. The Morgan fingerprint density at radius 1 is 1.14 bits per heavy atom. The fraction of sp³-hybridized carbons (Fsp3) is 0.278. The molecule has 0 saturated heterocycles. The van der Waals surface area contributed by atoms with Gasteiger partial charge in [-0.3, -0.25) is 4.79 Å². The van der Waals surface area contributed by atoms with Crippen molar-refractivity contribution in [3.05, 3.63) is 57.6 Å². The molecule has 0 spiro atoms. The van der Waals surface area contributed by atoms with Gasteiger partial charge in [-0.25, -0.2) is 0 Å². The topological polar surface area (TPSA) is 38.3 Å². The lowest BCUT2D eigenvalue weighted by Crippen LogP contribution is -2.13. The summed E-state index contributed by atoms with van der Waals surface area (Å²) in [6, 6.07) is 11.3. The molecule has 0 bridgehead atoms. The second-order valence-electron chi connectivity index (χ2n) is 5.58. The molecule has 0 aliphatic rings. The third-order valence-electron chi connectivity index (χ3n) is 3.20. The van der Waals surface area contributed by atoms with Gasteiger partial charge < -0.3 is 10.1 Å². The van der Waals surface area contributed by atoms with Crippen molar-refractivity contribution in [2.45, 2.75) is 33.8 Å². The van der Waals surface area contributed by atoms with E-state index < -0.39 is 0 Å². The van der Waals surface area contributed by atoms with Gasteiger partial charge in [0.1, 0.15) is 5.75 Å². The summed E-state index contributed by atoms with van der Waals surface area (Å²) in [5, 5.41) is 2.95. The molecule has 0 saturated carbocycles. The zero-order valence-electron chi connectivity index (χ0n) is 13.2. The van der Waals surface area contributed by atoms with Crippen LogP contribution in [0.3, 0.4) is 0 Å². The fourth-order valence-electron chi connectivity index (χ4n) is 2.06. The quantitative estimate of drug-likeness (QED) is 0.821. The lowest BCUT2D eigenvalue weighted by Gasteiger charge is -2.13. The SMILES string of the molecule is Cc1ccc(C)c(NC(=O)c2ccc(OC(C)C)c(Br)c2)c1. The van der Waals surface area contributed by atoms with Crippen LogP contribution in [0.4, 0.5) is 5.69 Å². The molecule has 1 N–H and O–H groups in total. The molecule has 22 heavy (non-hydrogen) atoms. The van der Waals surface area contributed by atoms with E-state index in [2.05, 4.69) is 21.2 Å². The number of hydrogen-bond donors (Lipinski definition) is 1. The maximum Gasteiger partial charge on any atom is 0.255 e. The van der Waals surface area contributed by atoms with E-state index in [9.17, 15) is 4.79 Å². The van der Waals surface area contributed by atoms with Gasteiger partial charge in [0.2, 0.25) is 0 Å². The number of aryl methyl sites for hydroxylation is 2. The van der Waals surface area contributed by atoms with E-state index in [0.29, 0.717) is 5.56 Å². The Kier molecular flexibility index (Phi) is 5.24. The van der Waals surface area contributed by atoms with Gasteiger partial charge in [0.25, 0.3) is 5.91 Å². The van der Waals surface area contributed by atoms with Crippen molar-refractivity contribution in [3.63, 3.8) is 0 Å². The first-order valence-electron chi connectivity index (χ1n) is 7.21. The lowest BCUT2D eigenvalue weighted by molar-refractivity contribution is 0.102. The Bertz CT molecular complexity index is 695. The number of carbonyl (C=O) groups excluding carboxylic acids is 1. The minimum Gasteiger partial charge on any atom is -0.490 e. The number of rotatable bonds is 4. The summed E-state index contributed by atoms with van der Waals surface area (Å²) in [6.45, 7) is 7.91. The van der Waals surface area contributed by atoms with Gasteiger partial charge in [-0.15, -0.1) is 0 Å². The average molecular weight is 362 g/mol. The summed E-state index contributed by atoms with van der Waals surface area (Å²) in [5.41, 5.74) is 3.58. The molecule has 0 aromatic heterocycles. The van der Waals surface area contributed by atoms with E-state index >= 15 is 0 Å². The Hall–Kier alpha value is -1.81. The van der Waals surface area contributed by atoms with Crippen molar-refractivity contribution in [1.82, 2.24) is 0 Å². The molecule has 0 fully saturated rings. The Morgan fingerprint density at radius 2 is 1.86 bits per heavy atom. The van der Waals surface area contributed by atoms with Gasteiger partial charge >= 0.3 is 0 Å².